The van der Waals surface area contributed by atoms with E-state index in [2.05, 4.69) is 4.98 Å². The van der Waals surface area contributed by atoms with Gasteiger partial charge >= 0.3 is 0 Å². The quantitative estimate of drug-likeness (QED) is 0.847. The molecule has 2 heterocycles. The minimum Gasteiger partial charge on any atom is -0.484 e. The maximum Gasteiger partial charge on any atom is 0.260 e. The van der Waals surface area contributed by atoms with Crippen molar-refractivity contribution in [2.75, 3.05) is 19.7 Å². The minimum absolute atomic E-state index is 0.0509. The predicted molar refractivity (Wildman–Crippen MR) is 89.1 cm³/mol. The van der Waals surface area contributed by atoms with Crippen molar-refractivity contribution in [1.29, 1.82) is 0 Å². The maximum absolute atomic E-state index is 13.1. The van der Waals surface area contributed by atoms with Crippen LogP contribution in [-0.4, -0.2) is 35.5 Å². The third-order valence-electron chi connectivity index (χ3n) is 4.25. The zero-order valence-electron chi connectivity index (χ0n) is 13.5. The summed E-state index contributed by atoms with van der Waals surface area (Å²) in [6.45, 7) is 1.42. The Morgan fingerprint density at radius 3 is 3.00 bits per heavy atom. The predicted octanol–water partition coefficient (Wildman–Crippen LogP) is 3.08. The van der Waals surface area contributed by atoms with Gasteiger partial charge < -0.3 is 9.64 Å². The van der Waals surface area contributed by atoms with Crippen LogP contribution < -0.4 is 4.74 Å². The topological polar surface area (TPSA) is 42.4 Å². The summed E-state index contributed by atoms with van der Waals surface area (Å²) in [7, 11) is 0. The summed E-state index contributed by atoms with van der Waals surface area (Å²) in [5, 5.41) is 0. The summed E-state index contributed by atoms with van der Waals surface area (Å²) < 4.78 is 18.5. The highest BCUT2D eigenvalue weighted by Gasteiger charge is 2.24. The number of rotatable bonds is 5. The van der Waals surface area contributed by atoms with E-state index in [9.17, 15) is 9.18 Å². The van der Waals surface area contributed by atoms with Crippen LogP contribution in [0, 0.1) is 11.7 Å². The summed E-state index contributed by atoms with van der Waals surface area (Å²) in [6.07, 6.45) is 4.78. The number of halogens is 1. The van der Waals surface area contributed by atoms with Gasteiger partial charge in [-0.05, 0) is 49.4 Å². The second-order valence-corrected chi connectivity index (χ2v) is 6.12. The molecule has 1 aromatic carbocycles. The first-order chi connectivity index (χ1) is 11.7. The van der Waals surface area contributed by atoms with Crippen molar-refractivity contribution in [3.63, 3.8) is 0 Å². The second-order valence-electron chi connectivity index (χ2n) is 6.12. The van der Waals surface area contributed by atoms with Crippen LogP contribution in [0.15, 0.2) is 48.7 Å². The lowest BCUT2D eigenvalue weighted by Crippen LogP contribution is -2.42. The Kier molecular flexibility index (Phi) is 5.41. The Balaban J connectivity index is 1.51. The molecule has 0 aliphatic carbocycles. The van der Waals surface area contributed by atoms with Crippen LogP contribution in [0.5, 0.6) is 5.75 Å². The van der Waals surface area contributed by atoms with Crippen LogP contribution in [0.4, 0.5) is 4.39 Å². The van der Waals surface area contributed by atoms with Crippen LogP contribution in [0.3, 0.4) is 0 Å². The van der Waals surface area contributed by atoms with E-state index in [1.807, 2.05) is 23.1 Å². The molecule has 0 unspecified atom stereocenters. The third kappa shape index (κ3) is 4.54. The molecule has 0 saturated carbocycles. The van der Waals surface area contributed by atoms with Gasteiger partial charge in [-0.1, -0.05) is 12.1 Å². The number of ether oxygens (including phenoxy) is 1. The van der Waals surface area contributed by atoms with E-state index in [-0.39, 0.29) is 18.3 Å². The standard InChI is InChI=1S/C19H21FN2O2/c20-16-6-3-8-18(12-16)24-14-19(23)22-10-4-5-15(13-22)11-17-7-1-2-9-21-17/h1-3,6-9,12,15H,4-5,10-11,13-14H2/t15-/m1/s1. The Bertz CT molecular complexity index is 678. The number of pyridine rings is 1. The highest BCUT2D eigenvalue weighted by atomic mass is 19.1. The minimum atomic E-state index is -0.367. The molecular weight excluding hydrogens is 307 g/mol. The van der Waals surface area contributed by atoms with Crippen molar-refractivity contribution in [3.8, 4) is 5.75 Å². The number of nitrogens with zero attached hydrogens (tertiary/aromatic N) is 2. The molecule has 1 aliphatic rings. The Morgan fingerprint density at radius 1 is 1.29 bits per heavy atom. The monoisotopic (exact) mass is 328 g/mol. The maximum atomic E-state index is 13.1. The summed E-state index contributed by atoms with van der Waals surface area (Å²) in [4.78, 5) is 18.6. The van der Waals surface area contributed by atoms with Crippen LogP contribution >= 0.6 is 0 Å². The molecule has 126 valence electrons. The van der Waals surface area contributed by atoms with E-state index >= 15 is 0 Å². The largest absolute Gasteiger partial charge is 0.484 e. The first-order valence-electron chi connectivity index (χ1n) is 8.27. The first kappa shape index (κ1) is 16.4. The summed E-state index contributed by atoms with van der Waals surface area (Å²) >= 11 is 0. The molecule has 1 fully saturated rings. The van der Waals surface area contributed by atoms with Gasteiger partial charge in [0.15, 0.2) is 6.61 Å². The molecule has 0 bridgehead atoms. The number of piperidine rings is 1. The molecule has 4 nitrogen and oxygen atoms in total. The SMILES string of the molecule is O=C(COc1cccc(F)c1)N1CCC[C@H](Cc2ccccn2)C1. The molecule has 1 atom stereocenters. The zero-order valence-corrected chi connectivity index (χ0v) is 13.5. The van der Waals surface area contributed by atoms with Gasteiger partial charge in [0.05, 0.1) is 0 Å². The number of hydrogen-bond acceptors (Lipinski definition) is 3. The van der Waals surface area contributed by atoms with Gasteiger partial charge in [-0.25, -0.2) is 4.39 Å². The number of carbonyl (C=O) groups is 1. The highest BCUT2D eigenvalue weighted by Crippen LogP contribution is 2.20. The first-order valence-corrected chi connectivity index (χ1v) is 8.27. The van der Waals surface area contributed by atoms with Crippen molar-refractivity contribution in [2.24, 2.45) is 5.92 Å². The molecule has 0 N–H and O–H groups in total. The fraction of sp³-hybridized carbons (Fsp3) is 0.368. The Morgan fingerprint density at radius 2 is 2.21 bits per heavy atom. The van der Waals surface area contributed by atoms with E-state index in [1.165, 1.54) is 12.1 Å². The van der Waals surface area contributed by atoms with Crippen molar-refractivity contribution < 1.29 is 13.9 Å². The lowest BCUT2D eigenvalue weighted by molar-refractivity contribution is -0.135. The molecule has 1 saturated heterocycles. The number of hydrogen-bond donors (Lipinski definition) is 0. The van der Waals surface area contributed by atoms with Crippen molar-refractivity contribution in [2.45, 2.75) is 19.3 Å². The van der Waals surface area contributed by atoms with Crippen molar-refractivity contribution >= 4 is 5.91 Å². The lowest BCUT2D eigenvalue weighted by atomic mass is 9.93. The number of benzene rings is 1. The molecule has 24 heavy (non-hydrogen) atoms. The van der Waals surface area contributed by atoms with E-state index in [1.54, 1.807) is 18.3 Å². The molecule has 1 amide bonds. The van der Waals surface area contributed by atoms with Gasteiger partial charge in [0.25, 0.3) is 5.91 Å². The average molecular weight is 328 g/mol. The van der Waals surface area contributed by atoms with E-state index in [4.69, 9.17) is 4.74 Å². The van der Waals surface area contributed by atoms with Crippen LogP contribution in [0.25, 0.3) is 0 Å². The number of aromatic nitrogens is 1. The van der Waals surface area contributed by atoms with Gasteiger partial charge in [-0.3, -0.25) is 9.78 Å². The molecule has 3 rings (SSSR count). The lowest BCUT2D eigenvalue weighted by Gasteiger charge is -2.32. The van der Waals surface area contributed by atoms with Crippen LogP contribution in [-0.2, 0) is 11.2 Å². The fourth-order valence-electron chi connectivity index (χ4n) is 3.07. The highest BCUT2D eigenvalue weighted by molar-refractivity contribution is 5.77. The van der Waals surface area contributed by atoms with E-state index < -0.39 is 0 Å². The smallest absolute Gasteiger partial charge is 0.260 e. The molecule has 0 spiro atoms. The number of likely N-dealkylation sites (tertiary alicyclic amines) is 1. The summed E-state index contributed by atoms with van der Waals surface area (Å²) in [5.74, 6) is 0.385. The normalized spacial score (nSPS) is 17.5. The van der Waals surface area contributed by atoms with Gasteiger partial charge in [-0.15, -0.1) is 0 Å². The average Bonchev–Trinajstić information content (AvgIpc) is 2.61. The molecular formula is C19H21FN2O2. The van der Waals surface area contributed by atoms with Crippen LogP contribution in [0.1, 0.15) is 18.5 Å². The Labute approximate surface area is 141 Å². The second kappa shape index (κ2) is 7.90. The molecule has 1 aliphatic heterocycles. The summed E-state index contributed by atoms with van der Waals surface area (Å²) in [5.41, 5.74) is 1.06. The van der Waals surface area contributed by atoms with Gasteiger partial charge in [-0.2, -0.15) is 0 Å². The summed E-state index contributed by atoms with van der Waals surface area (Å²) in [6, 6.07) is 11.8. The zero-order chi connectivity index (χ0) is 16.8. The molecule has 5 heteroatoms. The third-order valence-corrected chi connectivity index (χ3v) is 4.25. The number of carbonyl (C=O) groups excluding carboxylic acids is 1. The van der Waals surface area contributed by atoms with Gasteiger partial charge in [0.1, 0.15) is 11.6 Å². The van der Waals surface area contributed by atoms with E-state index in [0.717, 1.165) is 38.0 Å². The van der Waals surface area contributed by atoms with Crippen LogP contribution in [0.2, 0.25) is 0 Å². The van der Waals surface area contributed by atoms with Gasteiger partial charge in [0, 0.05) is 31.0 Å². The Hall–Kier alpha value is -2.43. The molecule has 2 aromatic rings. The molecule has 0 radical (unpaired) electrons. The van der Waals surface area contributed by atoms with Crippen molar-refractivity contribution in [1.82, 2.24) is 9.88 Å². The van der Waals surface area contributed by atoms with E-state index in [0.29, 0.717) is 11.7 Å². The van der Waals surface area contributed by atoms with Crippen molar-refractivity contribution in [3.05, 3.63) is 60.2 Å². The number of amides is 1. The molecule has 1 aromatic heterocycles. The fourth-order valence-corrected chi connectivity index (χ4v) is 3.07. The van der Waals surface area contributed by atoms with Gasteiger partial charge in [0.2, 0.25) is 0 Å².